The smallest absolute Gasteiger partial charge is 0.311 e. The Balaban J connectivity index is 2.08. The molecule has 0 saturated carbocycles. The molecule has 3 atom stereocenters. The molecule has 0 spiro atoms. The Morgan fingerprint density at radius 1 is 1.38 bits per heavy atom. The number of hydrogen-bond donors (Lipinski definition) is 1. The van der Waals surface area contributed by atoms with Gasteiger partial charge in [0.2, 0.25) is 6.29 Å². The van der Waals surface area contributed by atoms with Crippen molar-refractivity contribution in [2.45, 2.75) is 19.5 Å². The maximum atomic E-state index is 11.1. The first-order chi connectivity index (χ1) is 6.20. The van der Waals surface area contributed by atoms with Crippen molar-refractivity contribution >= 4 is 5.97 Å². The first-order valence-corrected chi connectivity index (χ1v) is 4.32. The van der Waals surface area contributed by atoms with Gasteiger partial charge in [0.05, 0.1) is 25.0 Å². The van der Waals surface area contributed by atoms with Gasteiger partial charge in [-0.3, -0.25) is 4.79 Å². The summed E-state index contributed by atoms with van der Waals surface area (Å²) in [6.07, 6.45) is -1.60. The molecule has 1 unspecified atom stereocenters. The Morgan fingerprint density at radius 3 is 2.46 bits per heavy atom. The zero-order valence-electron chi connectivity index (χ0n) is 7.30. The van der Waals surface area contributed by atoms with Gasteiger partial charge in [0.1, 0.15) is 0 Å². The van der Waals surface area contributed by atoms with Crippen molar-refractivity contribution in [3.8, 4) is 0 Å². The summed E-state index contributed by atoms with van der Waals surface area (Å²) in [4.78, 5) is 11.1. The van der Waals surface area contributed by atoms with E-state index in [-0.39, 0.29) is 5.92 Å². The number of carbonyl (C=O) groups excluding carboxylic acids is 1. The first kappa shape index (κ1) is 8.93. The molecule has 1 N–H and O–H groups in total. The Morgan fingerprint density at radius 2 is 2.00 bits per heavy atom. The molecular weight excluding hydrogens is 176 g/mol. The number of ether oxygens (including phenoxy) is 3. The van der Waals surface area contributed by atoms with Crippen LogP contribution < -0.4 is 0 Å². The van der Waals surface area contributed by atoms with Gasteiger partial charge in [-0.05, 0) is 0 Å². The van der Waals surface area contributed by atoms with E-state index in [0.29, 0.717) is 13.2 Å². The van der Waals surface area contributed by atoms with Crippen LogP contribution in [0.2, 0.25) is 0 Å². The van der Waals surface area contributed by atoms with Gasteiger partial charge in [0, 0.05) is 0 Å². The van der Waals surface area contributed by atoms with Crippen LogP contribution in [0.4, 0.5) is 0 Å². The van der Waals surface area contributed by atoms with E-state index in [0.717, 1.165) is 0 Å². The lowest BCUT2D eigenvalue weighted by molar-refractivity contribution is -0.171. The van der Waals surface area contributed by atoms with E-state index in [9.17, 15) is 9.90 Å². The molecule has 0 amide bonds. The van der Waals surface area contributed by atoms with Crippen molar-refractivity contribution in [3.63, 3.8) is 0 Å². The molecule has 2 rings (SSSR count). The summed E-state index contributed by atoms with van der Waals surface area (Å²) in [5, 5.41) is 9.39. The third kappa shape index (κ3) is 1.43. The minimum absolute atomic E-state index is 0.363. The van der Waals surface area contributed by atoms with Crippen LogP contribution in [0.5, 0.6) is 0 Å². The van der Waals surface area contributed by atoms with E-state index < -0.39 is 24.5 Å². The predicted octanol–water partition coefficient (Wildman–Crippen LogP) is -0.513. The lowest BCUT2D eigenvalue weighted by Crippen LogP contribution is -2.32. The fourth-order valence-electron chi connectivity index (χ4n) is 1.68. The fourth-order valence-corrected chi connectivity index (χ4v) is 1.68. The van der Waals surface area contributed by atoms with Crippen LogP contribution in [0.3, 0.4) is 0 Å². The Labute approximate surface area is 75.6 Å². The van der Waals surface area contributed by atoms with E-state index in [1.54, 1.807) is 6.92 Å². The molecule has 0 aliphatic carbocycles. The Bertz CT molecular complexity index is 211. The van der Waals surface area contributed by atoms with Gasteiger partial charge in [-0.2, -0.15) is 0 Å². The van der Waals surface area contributed by atoms with Crippen molar-refractivity contribution in [1.82, 2.24) is 0 Å². The summed E-state index contributed by atoms with van der Waals surface area (Å²) >= 11 is 0. The highest BCUT2D eigenvalue weighted by molar-refractivity contribution is 5.74. The summed E-state index contributed by atoms with van der Waals surface area (Å²) in [6, 6.07) is 0. The largest absolute Gasteiger partial charge is 0.435 e. The van der Waals surface area contributed by atoms with Crippen LogP contribution in [0, 0.1) is 11.8 Å². The molecule has 0 aromatic carbocycles. The number of aliphatic hydroxyl groups is 1. The number of rotatable bonds is 1. The molecule has 0 aromatic rings. The second-order valence-electron chi connectivity index (χ2n) is 3.30. The highest BCUT2D eigenvalue weighted by Gasteiger charge is 2.47. The summed E-state index contributed by atoms with van der Waals surface area (Å²) in [7, 11) is 0. The van der Waals surface area contributed by atoms with E-state index in [2.05, 4.69) is 4.74 Å². The van der Waals surface area contributed by atoms with Gasteiger partial charge in [0.25, 0.3) is 0 Å². The molecule has 0 aromatic heterocycles. The van der Waals surface area contributed by atoms with Crippen molar-refractivity contribution in [2.24, 2.45) is 11.8 Å². The number of esters is 1. The molecule has 2 fully saturated rings. The van der Waals surface area contributed by atoms with Crippen molar-refractivity contribution in [2.75, 3.05) is 13.2 Å². The average Bonchev–Trinajstić information content (AvgIpc) is 2.63. The second-order valence-corrected chi connectivity index (χ2v) is 3.30. The Kier molecular flexibility index (Phi) is 2.23. The summed E-state index contributed by atoms with van der Waals surface area (Å²) in [5.41, 5.74) is 0. The molecule has 0 bridgehead atoms. The van der Waals surface area contributed by atoms with Crippen LogP contribution in [0.25, 0.3) is 0 Å². The minimum Gasteiger partial charge on any atom is -0.435 e. The van der Waals surface area contributed by atoms with Gasteiger partial charge in [0.15, 0.2) is 6.29 Å². The van der Waals surface area contributed by atoms with Crippen molar-refractivity contribution in [3.05, 3.63) is 0 Å². The highest BCUT2D eigenvalue weighted by atomic mass is 16.7. The summed E-state index contributed by atoms with van der Waals surface area (Å²) < 4.78 is 15.1. The number of cyclic esters (lactones) is 1. The monoisotopic (exact) mass is 188 g/mol. The second kappa shape index (κ2) is 3.25. The molecule has 5 heteroatoms. The zero-order valence-corrected chi connectivity index (χ0v) is 7.30. The quantitative estimate of drug-likeness (QED) is 0.561. The normalized spacial score (nSPS) is 41.1. The topological polar surface area (TPSA) is 65.0 Å². The average molecular weight is 188 g/mol. The lowest BCUT2D eigenvalue weighted by Gasteiger charge is -2.20. The standard InChI is InChI=1S/C8H12O5/c1-4-5(7(10)13-6(4)9)8-11-2-3-12-8/h4-5,7-8,10H,2-3H2,1H3/t4?,5-,7-/m0/s1. The highest BCUT2D eigenvalue weighted by Crippen LogP contribution is 2.32. The molecule has 2 aliphatic rings. The minimum atomic E-state index is -1.09. The molecule has 2 saturated heterocycles. The molecule has 13 heavy (non-hydrogen) atoms. The summed E-state index contributed by atoms with van der Waals surface area (Å²) in [5.74, 6) is -1.15. The van der Waals surface area contributed by atoms with Crippen LogP contribution in [-0.4, -0.2) is 36.9 Å². The van der Waals surface area contributed by atoms with Crippen molar-refractivity contribution < 1.29 is 24.1 Å². The lowest BCUT2D eigenvalue weighted by atomic mass is 9.96. The van der Waals surface area contributed by atoms with Crippen LogP contribution in [0.1, 0.15) is 6.92 Å². The van der Waals surface area contributed by atoms with Gasteiger partial charge in [-0.25, -0.2) is 0 Å². The van der Waals surface area contributed by atoms with Crippen LogP contribution >= 0.6 is 0 Å². The number of aliphatic hydroxyl groups excluding tert-OH is 1. The zero-order chi connectivity index (χ0) is 9.42. The molecule has 74 valence electrons. The van der Waals surface area contributed by atoms with Crippen LogP contribution in [-0.2, 0) is 19.0 Å². The van der Waals surface area contributed by atoms with Gasteiger partial charge < -0.3 is 19.3 Å². The summed E-state index contributed by atoms with van der Waals surface area (Å²) in [6.45, 7) is 2.72. The van der Waals surface area contributed by atoms with Gasteiger partial charge >= 0.3 is 5.97 Å². The van der Waals surface area contributed by atoms with E-state index >= 15 is 0 Å². The number of carbonyl (C=O) groups is 1. The molecule has 2 heterocycles. The van der Waals surface area contributed by atoms with Crippen molar-refractivity contribution in [1.29, 1.82) is 0 Å². The third-order valence-corrected chi connectivity index (χ3v) is 2.48. The SMILES string of the molecule is CC1C(=O)O[C@H](O)[C@H]1C1OCCO1. The molecule has 2 aliphatic heterocycles. The molecular formula is C8H12O5. The van der Waals surface area contributed by atoms with E-state index in [1.165, 1.54) is 0 Å². The maximum Gasteiger partial charge on any atom is 0.311 e. The van der Waals surface area contributed by atoms with E-state index in [4.69, 9.17) is 9.47 Å². The van der Waals surface area contributed by atoms with Gasteiger partial charge in [-0.15, -0.1) is 0 Å². The van der Waals surface area contributed by atoms with Gasteiger partial charge in [-0.1, -0.05) is 6.92 Å². The third-order valence-electron chi connectivity index (χ3n) is 2.48. The fraction of sp³-hybridized carbons (Fsp3) is 0.875. The predicted molar refractivity (Wildman–Crippen MR) is 40.4 cm³/mol. The number of hydrogen-bond acceptors (Lipinski definition) is 5. The van der Waals surface area contributed by atoms with E-state index in [1.807, 2.05) is 0 Å². The molecule has 0 radical (unpaired) electrons. The maximum absolute atomic E-state index is 11.1. The van der Waals surface area contributed by atoms with Crippen LogP contribution in [0.15, 0.2) is 0 Å². The molecule has 5 nitrogen and oxygen atoms in total. The Hall–Kier alpha value is -0.650. The first-order valence-electron chi connectivity index (χ1n) is 4.32.